The van der Waals surface area contributed by atoms with Crippen LogP contribution in [0.25, 0.3) is 0 Å². The van der Waals surface area contributed by atoms with E-state index in [2.05, 4.69) is 5.32 Å². The highest BCUT2D eigenvalue weighted by molar-refractivity contribution is 7.17. The molecule has 9 nitrogen and oxygen atoms in total. The van der Waals surface area contributed by atoms with Crippen LogP contribution in [0.2, 0.25) is 0 Å². The van der Waals surface area contributed by atoms with Crippen LogP contribution >= 0.6 is 11.3 Å². The van der Waals surface area contributed by atoms with Crippen molar-refractivity contribution in [2.75, 3.05) is 18.5 Å². The lowest BCUT2D eigenvalue weighted by atomic mass is 9.95. The van der Waals surface area contributed by atoms with Gasteiger partial charge in [0.1, 0.15) is 5.00 Å². The Morgan fingerprint density at radius 2 is 1.74 bits per heavy atom. The van der Waals surface area contributed by atoms with E-state index in [1.807, 2.05) is 0 Å². The van der Waals surface area contributed by atoms with Crippen molar-refractivity contribution in [3.05, 3.63) is 50.9 Å². The number of carbonyl (C=O) groups is 5. The molecule has 35 heavy (non-hydrogen) atoms. The van der Waals surface area contributed by atoms with Gasteiger partial charge in [-0.25, -0.2) is 9.59 Å². The molecule has 0 fully saturated rings. The first-order chi connectivity index (χ1) is 16.7. The van der Waals surface area contributed by atoms with Gasteiger partial charge < -0.3 is 14.8 Å². The number of imide groups is 1. The third-order valence-electron chi connectivity index (χ3n) is 5.91. The molecule has 0 bridgehead atoms. The smallest absolute Gasteiger partial charge is 0.341 e. The number of aryl methyl sites for hydroxylation is 1. The molecule has 1 aliphatic carbocycles. The molecule has 10 heteroatoms. The third kappa shape index (κ3) is 4.70. The maximum atomic E-state index is 12.6. The summed E-state index contributed by atoms with van der Waals surface area (Å²) in [5, 5.41) is 3.08. The number of anilines is 1. The van der Waals surface area contributed by atoms with Crippen molar-refractivity contribution in [1.82, 2.24) is 4.90 Å². The molecule has 1 aliphatic heterocycles. The molecule has 2 aliphatic rings. The lowest BCUT2D eigenvalue weighted by Crippen LogP contribution is -2.35. The second-order valence-corrected chi connectivity index (χ2v) is 9.70. The van der Waals surface area contributed by atoms with Crippen molar-refractivity contribution in [1.29, 1.82) is 0 Å². The number of thiophene rings is 1. The van der Waals surface area contributed by atoms with Gasteiger partial charge in [-0.15, -0.1) is 11.3 Å². The van der Waals surface area contributed by atoms with Gasteiger partial charge in [0.05, 0.1) is 28.9 Å². The quantitative estimate of drug-likeness (QED) is 0.458. The SMILES string of the molecule is CCOC(=O)c1c(NC(=O)COC(=O)c2ccc3c(c2)C(=O)N(C(C)C)C3=O)sc2c1CCCC2. The normalized spacial score (nSPS) is 14.6. The highest BCUT2D eigenvalue weighted by Crippen LogP contribution is 2.38. The van der Waals surface area contributed by atoms with Crippen molar-refractivity contribution in [2.45, 2.75) is 52.5 Å². The summed E-state index contributed by atoms with van der Waals surface area (Å²) in [6.07, 6.45) is 3.57. The standard InChI is InChI=1S/C25H26N2O7S/c1-4-33-25(32)20-16-7-5-6-8-18(16)35-21(20)26-19(28)12-34-24(31)14-9-10-15-17(11-14)23(30)27(13(2)3)22(15)29/h9-11,13H,4-8,12H2,1-3H3,(H,26,28). The number of hydrogen-bond donors (Lipinski definition) is 1. The summed E-state index contributed by atoms with van der Waals surface area (Å²) >= 11 is 1.34. The van der Waals surface area contributed by atoms with E-state index in [-0.39, 0.29) is 29.3 Å². The predicted molar refractivity (Wildman–Crippen MR) is 128 cm³/mol. The summed E-state index contributed by atoms with van der Waals surface area (Å²) < 4.78 is 10.3. The number of nitrogens with zero attached hydrogens (tertiary/aromatic N) is 1. The molecule has 0 unspecified atom stereocenters. The molecule has 4 rings (SSSR count). The molecule has 0 radical (unpaired) electrons. The first-order valence-corrected chi connectivity index (χ1v) is 12.3. The van der Waals surface area contributed by atoms with Gasteiger partial charge in [0.2, 0.25) is 0 Å². The largest absolute Gasteiger partial charge is 0.462 e. The monoisotopic (exact) mass is 498 g/mol. The van der Waals surface area contributed by atoms with Crippen LogP contribution in [0.5, 0.6) is 0 Å². The Labute approximate surface area is 206 Å². The van der Waals surface area contributed by atoms with E-state index < -0.39 is 36.3 Å². The Morgan fingerprint density at radius 1 is 1.03 bits per heavy atom. The maximum absolute atomic E-state index is 12.6. The first kappa shape index (κ1) is 24.6. The Morgan fingerprint density at radius 3 is 2.46 bits per heavy atom. The molecule has 2 heterocycles. The number of ether oxygens (including phenoxy) is 2. The second-order valence-electron chi connectivity index (χ2n) is 8.59. The van der Waals surface area contributed by atoms with Crippen LogP contribution in [0.15, 0.2) is 18.2 Å². The fourth-order valence-corrected chi connectivity index (χ4v) is 5.60. The highest BCUT2D eigenvalue weighted by Gasteiger charge is 2.37. The van der Waals surface area contributed by atoms with E-state index in [1.165, 1.54) is 29.5 Å². The molecular formula is C25H26N2O7S. The van der Waals surface area contributed by atoms with Gasteiger partial charge in [-0.1, -0.05) is 0 Å². The summed E-state index contributed by atoms with van der Waals surface area (Å²) in [4.78, 5) is 64.8. The molecular weight excluding hydrogens is 472 g/mol. The van der Waals surface area contributed by atoms with E-state index in [0.29, 0.717) is 10.6 Å². The maximum Gasteiger partial charge on any atom is 0.341 e. The van der Waals surface area contributed by atoms with Crippen molar-refractivity contribution in [2.24, 2.45) is 0 Å². The lowest BCUT2D eigenvalue weighted by Gasteiger charge is -2.17. The minimum Gasteiger partial charge on any atom is -0.462 e. The Hall–Kier alpha value is -3.53. The zero-order valence-corrected chi connectivity index (χ0v) is 20.6. The van der Waals surface area contributed by atoms with E-state index in [1.54, 1.807) is 20.8 Å². The van der Waals surface area contributed by atoms with Gasteiger partial charge in [-0.2, -0.15) is 0 Å². The summed E-state index contributed by atoms with van der Waals surface area (Å²) in [6, 6.07) is 3.80. The van der Waals surface area contributed by atoms with Crippen molar-refractivity contribution in [3.8, 4) is 0 Å². The minimum absolute atomic E-state index is 0.0575. The van der Waals surface area contributed by atoms with Crippen molar-refractivity contribution < 1.29 is 33.4 Å². The van der Waals surface area contributed by atoms with Gasteiger partial charge in [0.15, 0.2) is 6.61 Å². The Kier molecular flexibility index (Phi) is 7.02. The van der Waals surface area contributed by atoms with Gasteiger partial charge in [0, 0.05) is 10.9 Å². The van der Waals surface area contributed by atoms with Crippen LogP contribution in [0.1, 0.15) is 85.5 Å². The van der Waals surface area contributed by atoms with Gasteiger partial charge in [0.25, 0.3) is 17.7 Å². The molecule has 1 aromatic heterocycles. The molecule has 1 aromatic carbocycles. The molecule has 1 N–H and O–H groups in total. The fraction of sp³-hybridized carbons (Fsp3) is 0.400. The molecule has 2 aromatic rings. The average Bonchev–Trinajstić information content (AvgIpc) is 3.31. The Balaban J connectivity index is 1.44. The van der Waals surface area contributed by atoms with Crippen molar-refractivity contribution in [3.63, 3.8) is 0 Å². The fourth-order valence-electron chi connectivity index (χ4n) is 4.31. The number of esters is 2. The van der Waals surface area contributed by atoms with E-state index in [4.69, 9.17) is 9.47 Å². The van der Waals surface area contributed by atoms with E-state index in [0.717, 1.165) is 41.0 Å². The van der Waals surface area contributed by atoms with Crippen LogP contribution in [-0.4, -0.2) is 53.8 Å². The van der Waals surface area contributed by atoms with Crippen LogP contribution in [-0.2, 0) is 27.1 Å². The van der Waals surface area contributed by atoms with Gasteiger partial charge >= 0.3 is 11.9 Å². The lowest BCUT2D eigenvalue weighted by molar-refractivity contribution is -0.119. The summed E-state index contributed by atoms with van der Waals surface area (Å²) in [6.45, 7) is 4.82. The summed E-state index contributed by atoms with van der Waals surface area (Å²) in [5.74, 6) is -2.76. The number of fused-ring (bicyclic) bond motifs is 2. The van der Waals surface area contributed by atoms with Gasteiger partial charge in [-0.3, -0.25) is 19.3 Å². The molecule has 184 valence electrons. The van der Waals surface area contributed by atoms with Crippen LogP contribution in [0, 0.1) is 0 Å². The number of rotatable bonds is 7. The average molecular weight is 499 g/mol. The minimum atomic E-state index is -0.803. The number of benzene rings is 1. The Bertz CT molecular complexity index is 1230. The molecule has 0 saturated heterocycles. The number of carbonyl (C=O) groups excluding carboxylic acids is 5. The highest BCUT2D eigenvalue weighted by atomic mass is 32.1. The van der Waals surface area contributed by atoms with Crippen LogP contribution < -0.4 is 5.32 Å². The third-order valence-corrected chi connectivity index (χ3v) is 7.12. The van der Waals surface area contributed by atoms with E-state index in [9.17, 15) is 24.0 Å². The molecule has 3 amide bonds. The number of nitrogens with one attached hydrogen (secondary N) is 1. The summed E-state index contributed by atoms with van der Waals surface area (Å²) in [7, 11) is 0. The van der Waals surface area contributed by atoms with Crippen LogP contribution in [0.3, 0.4) is 0 Å². The zero-order valence-electron chi connectivity index (χ0n) is 19.8. The second kappa shape index (κ2) is 9.99. The van der Waals surface area contributed by atoms with Gasteiger partial charge in [-0.05, 0) is 70.2 Å². The number of hydrogen-bond acceptors (Lipinski definition) is 8. The molecule has 0 atom stereocenters. The molecule has 0 spiro atoms. The van der Waals surface area contributed by atoms with Crippen LogP contribution in [0.4, 0.5) is 5.00 Å². The van der Waals surface area contributed by atoms with Crippen molar-refractivity contribution >= 4 is 46.0 Å². The molecule has 0 saturated carbocycles. The number of amides is 3. The van der Waals surface area contributed by atoms with E-state index >= 15 is 0 Å². The zero-order chi connectivity index (χ0) is 25.3. The summed E-state index contributed by atoms with van der Waals surface area (Å²) in [5.41, 5.74) is 1.71. The predicted octanol–water partition coefficient (Wildman–Crippen LogP) is 3.60. The first-order valence-electron chi connectivity index (χ1n) is 11.5. The topological polar surface area (TPSA) is 119 Å².